The average molecular weight is 288 g/mol. The zero-order chi connectivity index (χ0) is 14.8. The van der Waals surface area contributed by atoms with Gasteiger partial charge in [0.1, 0.15) is 6.10 Å². The molecular weight excluding hydrogens is 260 g/mol. The predicted molar refractivity (Wildman–Crippen MR) is 82.6 cm³/mol. The van der Waals surface area contributed by atoms with Crippen molar-refractivity contribution in [2.45, 2.75) is 71.3 Å². The number of carbonyl (C=O) groups is 1. The molecule has 3 unspecified atom stereocenters. The van der Waals surface area contributed by atoms with Crippen molar-refractivity contribution in [3.63, 3.8) is 0 Å². The van der Waals surface area contributed by atoms with Gasteiger partial charge in [-0.25, -0.2) is 4.79 Å². The molecule has 1 aliphatic heterocycles. The Bertz CT molecular complexity index is 484. The molecule has 5 fully saturated rings. The standard InChI is InChI=1S/C17H22O2.C2H6/c1-10-11-2-4-16(6-7-16)12-3-5-17(8-9-17)13(12)14(11)19-15(10)18;1-2/h11-14H,1-9H2;1-2H3/t11?,12?,13?,14-;/m0./s1. The maximum absolute atomic E-state index is 11.9. The van der Waals surface area contributed by atoms with E-state index in [1.54, 1.807) is 0 Å². The van der Waals surface area contributed by atoms with Gasteiger partial charge < -0.3 is 4.74 Å². The summed E-state index contributed by atoms with van der Waals surface area (Å²) in [4.78, 5) is 11.9. The molecule has 2 nitrogen and oxygen atoms in total. The minimum absolute atomic E-state index is 0.0943. The molecule has 0 amide bonds. The van der Waals surface area contributed by atoms with Gasteiger partial charge >= 0.3 is 5.97 Å². The highest BCUT2D eigenvalue weighted by Gasteiger charge is 2.69. The van der Waals surface area contributed by atoms with E-state index in [2.05, 4.69) is 6.58 Å². The number of fused-ring (bicyclic) bond motifs is 5. The molecular formula is C19H28O2. The lowest BCUT2D eigenvalue weighted by molar-refractivity contribution is -0.143. The van der Waals surface area contributed by atoms with Crippen LogP contribution in [0.5, 0.6) is 0 Å². The lowest BCUT2D eigenvalue weighted by Crippen LogP contribution is -2.34. The number of ether oxygens (including phenoxy) is 1. The van der Waals surface area contributed by atoms with E-state index in [1.165, 1.54) is 44.9 Å². The van der Waals surface area contributed by atoms with E-state index >= 15 is 0 Å². The minimum Gasteiger partial charge on any atom is -0.458 e. The zero-order valence-electron chi connectivity index (χ0n) is 13.5. The summed E-state index contributed by atoms with van der Waals surface area (Å²) in [5.74, 6) is 1.77. The van der Waals surface area contributed by atoms with Crippen LogP contribution >= 0.6 is 0 Å². The summed E-state index contributed by atoms with van der Waals surface area (Å²) in [5.41, 5.74) is 2.00. The van der Waals surface area contributed by atoms with Crippen LogP contribution in [0.1, 0.15) is 65.2 Å². The molecule has 0 N–H and O–H groups in total. The van der Waals surface area contributed by atoms with Crippen molar-refractivity contribution in [1.29, 1.82) is 0 Å². The molecule has 21 heavy (non-hydrogen) atoms. The molecule has 1 saturated heterocycles. The predicted octanol–water partition coefficient (Wildman–Crippen LogP) is 4.49. The molecule has 4 saturated carbocycles. The second-order valence-corrected chi connectivity index (χ2v) is 7.94. The molecule has 4 atom stereocenters. The van der Waals surface area contributed by atoms with Crippen molar-refractivity contribution in [3.8, 4) is 0 Å². The molecule has 2 spiro atoms. The highest BCUT2D eigenvalue weighted by Crippen LogP contribution is 2.74. The fourth-order valence-electron chi connectivity index (χ4n) is 5.93. The van der Waals surface area contributed by atoms with Crippen molar-refractivity contribution in [2.24, 2.45) is 28.6 Å². The number of carbonyl (C=O) groups excluding carboxylic acids is 1. The Labute approximate surface area is 128 Å². The minimum atomic E-state index is -0.0943. The summed E-state index contributed by atoms with van der Waals surface area (Å²) in [7, 11) is 0. The van der Waals surface area contributed by atoms with Crippen LogP contribution in [0, 0.1) is 28.6 Å². The third-order valence-corrected chi connectivity index (χ3v) is 7.32. The highest BCUT2D eigenvalue weighted by molar-refractivity contribution is 5.90. The first-order chi connectivity index (χ1) is 10.2. The van der Waals surface area contributed by atoms with E-state index in [4.69, 9.17) is 4.74 Å². The first-order valence-electron chi connectivity index (χ1n) is 9.05. The summed E-state index contributed by atoms with van der Waals surface area (Å²) >= 11 is 0. The van der Waals surface area contributed by atoms with Gasteiger partial charge in [-0.05, 0) is 68.1 Å². The van der Waals surface area contributed by atoms with Crippen molar-refractivity contribution in [1.82, 2.24) is 0 Å². The first kappa shape index (κ1) is 13.8. The molecule has 116 valence electrons. The Balaban J connectivity index is 0.000000555. The van der Waals surface area contributed by atoms with Gasteiger partial charge in [0, 0.05) is 17.4 Å². The summed E-state index contributed by atoms with van der Waals surface area (Å²) in [6, 6.07) is 0. The van der Waals surface area contributed by atoms with Crippen molar-refractivity contribution < 1.29 is 9.53 Å². The molecule has 1 heterocycles. The first-order valence-corrected chi connectivity index (χ1v) is 9.05. The molecule has 0 aromatic carbocycles. The highest BCUT2D eigenvalue weighted by atomic mass is 16.6. The number of hydrogen-bond acceptors (Lipinski definition) is 2. The Hall–Kier alpha value is -0.790. The lowest BCUT2D eigenvalue weighted by atomic mass is 9.74. The maximum atomic E-state index is 11.9. The Morgan fingerprint density at radius 1 is 1.00 bits per heavy atom. The molecule has 5 rings (SSSR count). The molecule has 2 heteroatoms. The number of rotatable bonds is 0. The van der Waals surface area contributed by atoms with Crippen LogP contribution in [0.2, 0.25) is 0 Å². The van der Waals surface area contributed by atoms with Gasteiger partial charge in [-0.3, -0.25) is 0 Å². The molecule has 0 aromatic rings. The van der Waals surface area contributed by atoms with E-state index in [-0.39, 0.29) is 12.1 Å². The van der Waals surface area contributed by atoms with Gasteiger partial charge in [-0.1, -0.05) is 20.4 Å². The molecule has 0 aromatic heterocycles. The van der Waals surface area contributed by atoms with Gasteiger partial charge in [0.2, 0.25) is 0 Å². The maximum Gasteiger partial charge on any atom is 0.334 e. The summed E-state index contributed by atoms with van der Waals surface area (Å²) < 4.78 is 5.83. The van der Waals surface area contributed by atoms with Crippen molar-refractivity contribution in [3.05, 3.63) is 12.2 Å². The van der Waals surface area contributed by atoms with Gasteiger partial charge in [-0.2, -0.15) is 0 Å². The van der Waals surface area contributed by atoms with E-state index in [0.717, 1.165) is 17.9 Å². The normalized spacial score (nSPS) is 43.5. The summed E-state index contributed by atoms with van der Waals surface area (Å²) in [6.07, 6.45) is 11.1. The van der Waals surface area contributed by atoms with Crippen molar-refractivity contribution >= 4 is 5.97 Å². The fourth-order valence-corrected chi connectivity index (χ4v) is 5.93. The van der Waals surface area contributed by atoms with Gasteiger partial charge in [-0.15, -0.1) is 0 Å². The van der Waals surface area contributed by atoms with Crippen LogP contribution in [-0.2, 0) is 9.53 Å². The largest absolute Gasteiger partial charge is 0.458 e. The smallest absolute Gasteiger partial charge is 0.334 e. The van der Waals surface area contributed by atoms with Crippen LogP contribution < -0.4 is 0 Å². The summed E-state index contributed by atoms with van der Waals surface area (Å²) in [6.45, 7) is 8.04. The Morgan fingerprint density at radius 3 is 2.24 bits per heavy atom. The van der Waals surface area contributed by atoms with E-state index in [0.29, 0.717) is 22.7 Å². The number of hydrogen-bond donors (Lipinski definition) is 0. The van der Waals surface area contributed by atoms with Gasteiger partial charge in [0.15, 0.2) is 0 Å². The second-order valence-electron chi connectivity index (χ2n) is 7.94. The molecule has 0 radical (unpaired) electrons. The van der Waals surface area contributed by atoms with Crippen LogP contribution in [0.4, 0.5) is 0 Å². The molecule has 5 aliphatic rings. The monoisotopic (exact) mass is 288 g/mol. The second kappa shape index (κ2) is 4.36. The summed E-state index contributed by atoms with van der Waals surface area (Å²) in [5, 5.41) is 0. The third kappa shape index (κ3) is 1.74. The Kier molecular flexibility index (Phi) is 2.88. The van der Waals surface area contributed by atoms with Gasteiger partial charge in [0.05, 0.1) is 0 Å². The fraction of sp³-hybridized carbons (Fsp3) is 0.842. The van der Waals surface area contributed by atoms with E-state index in [1.807, 2.05) is 13.8 Å². The van der Waals surface area contributed by atoms with Gasteiger partial charge in [0.25, 0.3) is 0 Å². The van der Waals surface area contributed by atoms with Crippen LogP contribution in [0.3, 0.4) is 0 Å². The quantitative estimate of drug-likeness (QED) is 0.485. The molecule has 0 bridgehead atoms. The number of esters is 1. The van der Waals surface area contributed by atoms with Crippen LogP contribution in [-0.4, -0.2) is 12.1 Å². The van der Waals surface area contributed by atoms with E-state index < -0.39 is 0 Å². The van der Waals surface area contributed by atoms with Crippen LogP contribution in [0.25, 0.3) is 0 Å². The average Bonchev–Trinajstić information content (AvgIpc) is 3.38. The third-order valence-electron chi connectivity index (χ3n) is 7.32. The van der Waals surface area contributed by atoms with E-state index in [9.17, 15) is 4.79 Å². The Morgan fingerprint density at radius 2 is 1.62 bits per heavy atom. The zero-order valence-corrected chi connectivity index (χ0v) is 13.5. The van der Waals surface area contributed by atoms with Crippen molar-refractivity contribution in [2.75, 3.05) is 0 Å². The topological polar surface area (TPSA) is 26.3 Å². The van der Waals surface area contributed by atoms with Crippen LogP contribution in [0.15, 0.2) is 12.2 Å². The lowest BCUT2D eigenvalue weighted by Gasteiger charge is -2.32. The SMILES string of the molecule is C=C1C(=O)O[C@H]2C1CCC1(CC1)C1CCC3(CC3)C12.CC. The molecule has 4 aliphatic carbocycles.